The van der Waals surface area contributed by atoms with E-state index >= 15 is 0 Å². The largest absolute Gasteiger partial charge is 0.497 e. The van der Waals surface area contributed by atoms with E-state index in [0.717, 1.165) is 28.3 Å². The summed E-state index contributed by atoms with van der Waals surface area (Å²) in [5, 5.41) is 11.2. The molecule has 0 saturated heterocycles. The van der Waals surface area contributed by atoms with Gasteiger partial charge in [-0.3, -0.25) is 0 Å². The molecule has 5 aromatic rings. The zero-order valence-corrected chi connectivity index (χ0v) is 20.9. The van der Waals surface area contributed by atoms with Crippen LogP contribution in [-0.2, 0) is 6.54 Å². The minimum Gasteiger partial charge on any atom is -0.497 e. The maximum Gasteiger partial charge on any atom is 0.353 e. The van der Waals surface area contributed by atoms with Gasteiger partial charge in [0.2, 0.25) is 0 Å². The van der Waals surface area contributed by atoms with E-state index < -0.39 is 5.97 Å². The molecule has 10 heteroatoms. The quantitative estimate of drug-likeness (QED) is 0.311. The molecular weight excluding hydrogens is 482 g/mol. The molecule has 0 spiro atoms. The minimum atomic E-state index is -1.08. The van der Waals surface area contributed by atoms with Crippen molar-refractivity contribution >= 4 is 39.6 Å². The van der Waals surface area contributed by atoms with Crippen LogP contribution < -0.4 is 18.9 Å². The van der Waals surface area contributed by atoms with E-state index in [-0.39, 0.29) is 5.69 Å². The van der Waals surface area contributed by atoms with Crippen molar-refractivity contribution in [3.05, 3.63) is 59.8 Å². The van der Waals surface area contributed by atoms with Gasteiger partial charge in [0.15, 0.2) is 11.5 Å². The summed E-state index contributed by atoms with van der Waals surface area (Å²) in [6, 6.07) is 14.6. The Kier molecular flexibility index (Phi) is 6.11. The molecule has 0 fully saturated rings. The van der Waals surface area contributed by atoms with Gasteiger partial charge in [0, 0.05) is 35.2 Å². The third kappa shape index (κ3) is 3.85. The Bertz CT molecular complexity index is 1610. The molecule has 1 N–H and O–H groups in total. The smallest absolute Gasteiger partial charge is 0.353 e. The van der Waals surface area contributed by atoms with E-state index in [0.29, 0.717) is 51.6 Å². The number of benzene rings is 3. The standard InChI is InChI=1S/C26H23N3O6S/c1-32-15-6-7-16(21(10-15)33-2)24-17-11-22(34-3)23(35-4)12-20(17)29(25(24)26(30)31)13-14-5-8-18-19(9-14)28-36-27-18/h5-12H,13H2,1-4H3,(H,30,31). The molecule has 0 atom stereocenters. The number of carbonyl (C=O) groups is 1. The molecule has 0 radical (unpaired) electrons. The number of rotatable bonds is 8. The van der Waals surface area contributed by atoms with Crippen LogP contribution in [0.1, 0.15) is 16.1 Å². The lowest BCUT2D eigenvalue weighted by molar-refractivity contribution is 0.0687. The fraction of sp³-hybridized carbons (Fsp3) is 0.192. The fourth-order valence-corrected chi connectivity index (χ4v) is 4.97. The second-order valence-corrected chi connectivity index (χ2v) is 8.52. The van der Waals surface area contributed by atoms with Crippen molar-refractivity contribution in [2.24, 2.45) is 0 Å². The number of fused-ring (bicyclic) bond motifs is 2. The first kappa shape index (κ1) is 23.4. The Morgan fingerprint density at radius 1 is 0.861 bits per heavy atom. The Morgan fingerprint density at radius 3 is 2.28 bits per heavy atom. The molecule has 0 saturated carbocycles. The topological polar surface area (TPSA) is 105 Å². The van der Waals surface area contributed by atoms with Crippen LogP contribution in [0.25, 0.3) is 33.1 Å². The molecule has 0 bridgehead atoms. The highest BCUT2D eigenvalue weighted by Crippen LogP contribution is 2.44. The number of hydrogen-bond acceptors (Lipinski definition) is 8. The van der Waals surface area contributed by atoms with E-state index in [1.54, 1.807) is 63.3 Å². The lowest BCUT2D eigenvalue weighted by atomic mass is 10.00. The number of aromatic carboxylic acids is 1. The van der Waals surface area contributed by atoms with Gasteiger partial charge in [0.1, 0.15) is 28.2 Å². The number of methoxy groups -OCH3 is 4. The van der Waals surface area contributed by atoms with Gasteiger partial charge in [0.25, 0.3) is 0 Å². The summed E-state index contributed by atoms with van der Waals surface area (Å²) in [4.78, 5) is 12.8. The fourth-order valence-electron chi connectivity index (χ4n) is 4.45. The van der Waals surface area contributed by atoms with E-state index in [1.165, 1.54) is 0 Å². The van der Waals surface area contributed by atoms with Crippen LogP contribution in [0.15, 0.2) is 48.5 Å². The van der Waals surface area contributed by atoms with Gasteiger partial charge in [-0.15, -0.1) is 0 Å². The van der Waals surface area contributed by atoms with E-state index in [1.807, 2.05) is 18.2 Å². The highest BCUT2D eigenvalue weighted by molar-refractivity contribution is 7.00. The van der Waals surface area contributed by atoms with E-state index in [9.17, 15) is 9.90 Å². The zero-order valence-electron chi connectivity index (χ0n) is 20.1. The average Bonchev–Trinajstić information content (AvgIpc) is 3.49. The molecule has 184 valence electrons. The third-order valence-corrected chi connectivity index (χ3v) is 6.66. The van der Waals surface area contributed by atoms with Gasteiger partial charge in [0.05, 0.1) is 45.7 Å². The summed E-state index contributed by atoms with van der Waals surface area (Å²) >= 11 is 1.14. The molecule has 36 heavy (non-hydrogen) atoms. The Balaban J connectivity index is 1.84. The van der Waals surface area contributed by atoms with Gasteiger partial charge in [-0.2, -0.15) is 8.75 Å². The van der Waals surface area contributed by atoms with Gasteiger partial charge in [-0.25, -0.2) is 4.79 Å². The summed E-state index contributed by atoms with van der Waals surface area (Å²) < 4.78 is 32.4. The van der Waals surface area contributed by atoms with Crippen molar-refractivity contribution in [3.8, 4) is 34.1 Å². The van der Waals surface area contributed by atoms with Crippen molar-refractivity contribution in [1.29, 1.82) is 0 Å². The van der Waals surface area contributed by atoms with Gasteiger partial charge < -0.3 is 28.6 Å². The number of hydrogen-bond donors (Lipinski definition) is 1. The van der Waals surface area contributed by atoms with Gasteiger partial charge >= 0.3 is 5.97 Å². The van der Waals surface area contributed by atoms with E-state index in [4.69, 9.17) is 18.9 Å². The number of nitrogens with zero attached hydrogens (tertiary/aromatic N) is 3. The number of carboxylic acids is 1. The molecule has 2 aromatic heterocycles. The van der Waals surface area contributed by atoms with Crippen LogP contribution in [0.2, 0.25) is 0 Å². The van der Waals surface area contributed by atoms with E-state index in [2.05, 4.69) is 8.75 Å². The third-order valence-electron chi connectivity index (χ3n) is 6.11. The normalized spacial score (nSPS) is 11.1. The van der Waals surface area contributed by atoms with Crippen molar-refractivity contribution < 1.29 is 28.8 Å². The maximum absolute atomic E-state index is 12.8. The van der Waals surface area contributed by atoms with Crippen molar-refractivity contribution in [3.63, 3.8) is 0 Å². The molecule has 0 aliphatic carbocycles. The zero-order chi connectivity index (χ0) is 25.4. The molecule has 9 nitrogen and oxygen atoms in total. The molecule has 5 rings (SSSR count). The molecule has 0 unspecified atom stereocenters. The summed E-state index contributed by atoms with van der Waals surface area (Å²) in [6.45, 7) is 0.291. The average molecular weight is 506 g/mol. The summed E-state index contributed by atoms with van der Waals surface area (Å²) in [6.07, 6.45) is 0. The highest BCUT2D eigenvalue weighted by Gasteiger charge is 2.27. The molecule has 3 aromatic carbocycles. The molecular formula is C26H23N3O6S. The second kappa shape index (κ2) is 9.38. The predicted octanol–water partition coefficient (Wildman–Crippen LogP) is 5.09. The number of carboxylic acid groups (broad SMARTS) is 1. The molecule has 2 heterocycles. The van der Waals surface area contributed by atoms with Crippen LogP contribution in [0.5, 0.6) is 23.0 Å². The number of aromatic nitrogens is 3. The Hall–Kier alpha value is -4.31. The van der Waals surface area contributed by atoms with Gasteiger partial charge in [-0.1, -0.05) is 6.07 Å². The summed E-state index contributed by atoms with van der Waals surface area (Å²) in [5.74, 6) is 0.991. The lowest BCUT2D eigenvalue weighted by Gasteiger charge is -2.12. The first-order chi connectivity index (χ1) is 17.5. The van der Waals surface area contributed by atoms with Crippen LogP contribution in [0, 0.1) is 0 Å². The molecule has 0 aliphatic rings. The summed E-state index contributed by atoms with van der Waals surface area (Å²) in [7, 11) is 6.20. The van der Waals surface area contributed by atoms with Gasteiger partial charge in [-0.05, 0) is 35.9 Å². The van der Waals surface area contributed by atoms with Crippen LogP contribution in [0.4, 0.5) is 0 Å². The van der Waals surface area contributed by atoms with Crippen LogP contribution in [0.3, 0.4) is 0 Å². The highest BCUT2D eigenvalue weighted by atomic mass is 32.1. The second-order valence-electron chi connectivity index (χ2n) is 7.99. The first-order valence-corrected chi connectivity index (χ1v) is 11.7. The van der Waals surface area contributed by atoms with Crippen molar-refractivity contribution in [2.45, 2.75) is 6.54 Å². The Labute approximate surface area is 210 Å². The summed E-state index contributed by atoms with van der Waals surface area (Å²) in [5.41, 5.74) is 4.37. The first-order valence-electron chi connectivity index (χ1n) is 10.9. The Morgan fingerprint density at radius 2 is 1.58 bits per heavy atom. The minimum absolute atomic E-state index is 0.111. The molecule has 0 amide bonds. The van der Waals surface area contributed by atoms with Crippen molar-refractivity contribution in [2.75, 3.05) is 28.4 Å². The predicted molar refractivity (Wildman–Crippen MR) is 137 cm³/mol. The molecule has 0 aliphatic heterocycles. The lowest BCUT2D eigenvalue weighted by Crippen LogP contribution is -2.11. The SMILES string of the molecule is COc1ccc(-c2c(C(=O)O)n(Cc3ccc4nsnc4c3)c3cc(OC)c(OC)cc23)c(OC)c1. The van der Waals surface area contributed by atoms with Crippen molar-refractivity contribution in [1.82, 2.24) is 13.3 Å². The van der Waals surface area contributed by atoms with Crippen LogP contribution >= 0.6 is 11.7 Å². The van der Waals surface area contributed by atoms with Crippen LogP contribution in [-0.4, -0.2) is 52.8 Å². The monoisotopic (exact) mass is 505 g/mol. The maximum atomic E-state index is 12.8. The number of ether oxygens (including phenoxy) is 4.